The quantitative estimate of drug-likeness (QED) is 0.774. The van der Waals surface area contributed by atoms with Crippen LogP contribution in [0.1, 0.15) is 16.7 Å². The molecule has 1 heterocycles. The van der Waals surface area contributed by atoms with Crippen molar-refractivity contribution in [2.45, 2.75) is 13.8 Å². The molecule has 1 saturated heterocycles. The van der Waals surface area contributed by atoms with Gasteiger partial charge in [-0.15, -0.1) is 0 Å². The lowest BCUT2D eigenvalue weighted by molar-refractivity contribution is -0.127. The average Bonchev–Trinajstić information content (AvgIpc) is 2.92. The summed E-state index contributed by atoms with van der Waals surface area (Å²) in [6.45, 7) is 3.52. The van der Waals surface area contributed by atoms with Gasteiger partial charge in [-0.3, -0.25) is 19.3 Å². The van der Waals surface area contributed by atoms with Crippen LogP contribution in [0.25, 0.3) is 6.08 Å². The summed E-state index contributed by atoms with van der Waals surface area (Å²) in [6.07, 6.45) is 1.60. The number of rotatable bonds is 5. The van der Waals surface area contributed by atoms with Gasteiger partial charge in [0.15, 0.2) is 0 Å². The number of nitrogens with one attached hydrogen (secondary N) is 1. The zero-order valence-electron chi connectivity index (χ0n) is 15.8. The Morgan fingerprint density at radius 1 is 1.18 bits per heavy atom. The standard InChI is InChI=1S/C21H20N2O4S/c1-13-8-9-16(14(2)10-13)22-19(24)12-23-20(25)18(28-21(23)26)11-15-6-4-5-7-17(15)27-3/h4-11H,12H2,1-3H3,(H,22,24)/b18-11-. The molecule has 2 aromatic carbocycles. The minimum atomic E-state index is -0.489. The normalized spacial score (nSPS) is 15.2. The minimum absolute atomic E-state index is 0.258. The number of anilines is 1. The van der Waals surface area contributed by atoms with Crippen molar-refractivity contribution in [2.75, 3.05) is 19.0 Å². The monoisotopic (exact) mass is 396 g/mol. The maximum Gasteiger partial charge on any atom is 0.294 e. The van der Waals surface area contributed by atoms with E-state index in [1.54, 1.807) is 24.3 Å². The predicted octanol–water partition coefficient (Wildman–Crippen LogP) is 3.99. The van der Waals surface area contributed by atoms with Crippen molar-refractivity contribution < 1.29 is 19.1 Å². The summed E-state index contributed by atoms with van der Waals surface area (Å²) in [7, 11) is 1.54. The van der Waals surface area contributed by atoms with E-state index in [0.717, 1.165) is 27.8 Å². The Labute approximate surface area is 167 Å². The van der Waals surface area contributed by atoms with Gasteiger partial charge >= 0.3 is 0 Å². The van der Waals surface area contributed by atoms with Crippen molar-refractivity contribution in [3.8, 4) is 5.75 Å². The number of benzene rings is 2. The van der Waals surface area contributed by atoms with Crippen LogP contribution < -0.4 is 10.1 Å². The number of carbonyl (C=O) groups excluding carboxylic acids is 3. The second kappa shape index (κ2) is 8.31. The fraction of sp³-hybridized carbons (Fsp3) is 0.190. The second-order valence-electron chi connectivity index (χ2n) is 6.38. The molecule has 0 bridgehead atoms. The van der Waals surface area contributed by atoms with Crippen molar-refractivity contribution in [1.82, 2.24) is 4.90 Å². The zero-order valence-corrected chi connectivity index (χ0v) is 16.6. The van der Waals surface area contributed by atoms with Gasteiger partial charge < -0.3 is 10.1 Å². The number of imide groups is 1. The first-order valence-electron chi connectivity index (χ1n) is 8.64. The van der Waals surface area contributed by atoms with Gasteiger partial charge in [-0.2, -0.15) is 0 Å². The van der Waals surface area contributed by atoms with Crippen molar-refractivity contribution in [3.63, 3.8) is 0 Å². The molecule has 0 atom stereocenters. The number of thioether (sulfide) groups is 1. The highest BCUT2D eigenvalue weighted by molar-refractivity contribution is 8.18. The zero-order chi connectivity index (χ0) is 20.3. The lowest BCUT2D eigenvalue weighted by Crippen LogP contribution is -2.36. The molecule has 0 unspecified atom stereocenters. The van der Waals surface area contributed by atoms with Crippen molar-refractivity contribution in [3.05, 3.63) is 64.1 Å². The van der Waals surface area contributed by atoms with Gasteiger partial charge in [0, 0.05) is 11.3 Å². The molecule has 1 fully saturated rings. The molecule has 0 saturated carbocycles. The van der Waals surface area contributed by atoms with E-state index < -0.39 is 17.1 Å². The van der Waals surface area contributed by atoms with Crippen molar-refractivity contribution >= 4 is 40.6 Å². The predicted molar refractivity (Wildman–Crippen MR) is 110 cm³/mol. The summed E-state index contributed by atoms with van der Waals surface area (Å²) in [6, 6.07) is 12.8. The number of hydrogen-bond acceptors (Lipinski definition) is 5. The first kappa shape index (κ1) is 19.7. The summed E-state index contributed by atoms with van der Waals surface area (Å²) in [5.74, 6) is -0.314. The Bertz CT molecular complexity index is 984. The van der Waals surface area contributed by atoms with Crippen LogP contribution >= 0.6 is 11.8 Å². The Morgan fingerprint density at radius 2 is 1.93 bits per heavy atom. The maximum atomic E-state index is 12.6. The highest BCUT2D eigenvalue weighted by atomic mass is 32.2. The fourth-order valence-corrected chi connectivity index (χ4v) is 3.68. The number of hydrogen-bond donors (Lipinski definition) is 1. The molecule has 3 amide bonds. The van der Waals surface area contributed by atoms with Crippen LogP contribution in [-0.2, 0) is 9.59 Å². The van der Waals surface area contributed by atoms with Gasteiger partial charge in [-0.05, 0) is 49.4 Å². The number of methoxy groups -OCH3 is 1. The molecule has 0 aliphatic carbocycles. The molecular formula is C21H20N2O4S. The van der Waals surface area contributed by atoms with Crippen LogP contribution in [0, 0.1) is 13.8 Å². The number of amides is 3. The fourth-order valence-electron chi connectivity index (χ4n) is 2.85. The molecule has 1 aliphatic rings. The first-order chi connectivity index (χ1) is 13.4. The van der Waals surface area contributed by atoms with Crippen LogP contribution in [0.4, 0.5) is 10.5 Å². The second-order valence-corrected chi connectivity index (χ2v) is 7.37. The van der Waals surface area contributed by atoms with Crippen molar-refractivity contribution in [1.29, 1.82) is 0 Å². The third kappa shape index (κ3) is 4.26. The molecule has 1 N–H and O–H groups in total. The van der Waals surface area contributed by atoms with Crippen LogP contribution in [-0.4, -0.2) is 35.6 Å². The highest BCUT2D eigenvalue weighted by Gasteiger charge is 2.36. The smallest absolute Gasteiger partial charge is 0.294 e. The Balaban J connectivity index is 1.73. The van der Waals surface area contributed by atoms with E-state index in [9.17, 15) is 14.4 Å². The van der Waals surface area contributed by atoms with Gasteiger partial charge in [-0.1, -0.05) is 35.9 Å². The van der Waals surface area contributed by atoms with Crippen molar-refractivity contribution in [2.24, 2.45) is 0 Å². The molecule has 0 aromatic heterocycles. The highest BCUT2D eigenvalue weighted by Crippen LogP contribution is 2.33. The summed E-state index contributed by atoms with van der Waals surface area (Å²) in [5.41, 5.74) is 3.35. The third-order valence-corrected chi connectivity index (χ3v) is 5.16. The van der Waals surface area contributed by atoms with E-state index in [4.69, 9.17) is 4.74 Å². The topological polar surface area (TPSA) is 75.7 Å². The summed E-state index contributed by atoms with van der Waals surface area (Å²) in [4.78, 5) is 38.4. The summed E-state index contributed by atoms with van der Waals surface area (Å²) in [5, 5.41) is 2.28. The minimum Gasteiger partial charge on any atom is -0.496 e. The van der Waals surface area contributed by atoms with E-state index in [1.807, 2.05) is 38.1 Å². The van der Waals surface area contributed by atoms with Crippen LogP contribution in [0.3, 0.4) is 0 Å². The van der Waals surface area contributed by atoms with E-state index in [0.29, 0.717) is 17.0 Å². The molecule has 0 radical (unpaired) electrons. The molecule has 1 aliphatic heterocycles. The molecule has 0 spiro atoms. The number of nitrogens with zero attached hydrogens (tertiary/aromatic N) is 1. The lowest BCUT2D eigenvalue weighted by atomic mass is 10.1. The van der Waals surface area contributed by atoms with Gasteiger partial charge in [0.2, 0.25) is 5.91 Å². The van der Waals surface area contributed by atoms with Gasteiger partial charge in [0.05, 0.1) is 12.0 Å². The van der Waals surface area contributed by atoms with E-state index in [-0.39, 0.29) is 11.4 Å². The Kier molecular flexibility index (Phi) is 5.84. The van der Waals surface area contributed by atoms with E-state index in [2.05, 4.69) is 5.32 Å². The van der Waals surface area contributed by atoms with Crippen LogP contribution in [0.2, 0.25) is 0 Å². The molecule has 3 rings (SSSR count). The van der Waals surface area contributed by atoms with Gasteiger partial charge in [0.1, 0.15) is 12.3 Å². The number of aryl methyl sites for hydroxylation is 2. The molecule has 2 aromatic rings. The first-order valence-corrected chi connectivity index (χ1v) is 9.46. The Morgan fingerprint density at radius 3 is 2.64 bits per heavy atom. The van der Waals surface area contributed by atoms with E-state index in [1.165, 1.54) is 7.11 Å². The van der Waals surface area contributed by atoms with Crippen LogP contribution in [0.15, 0.2) is 47.4 Å². The number of ether oxygens (including phenoxy) is 1. The summed E-state index contributed by atoms with van der Waals surface area (Å²) >= 11 is 0.812. The Hall–Kier alpha value is -3.06. The van der Waals surface area contributed by atoms with Gasteiger partial charge in [-0.25, -0.2) is 0 Å². The number of carbonyl (C=O) groups is 3. The molecular weight excluding hydrogens is 376 g/mol. The third-order valence-electron chi connectivity index (χ3n) is 4.26. The lowest BCUT2D eigenvalue weighted by Gasteiger charge is -2.14. The average molecular weight is 396 g/mol. The summed E-state index contributed by atoms with van der Waals surface area (Å²) < 4.78 is 5.27. The number of para-hydroxylation sites is 1. The SMILES string of the molecule is COc1ccccc1/C=C1\SC(=O)N(CC(=O)Nc2ccc(C)cc2C)C1=O. The molecule has 7 heteroatoms. The van der Waals surface area contributed by atoms with Crippen LogP contribution in [0.5, 0.6) is 5.75 Å². The molecule has 6 nitrogen and oxygen atoms in total. The maximum absolute atomic E-state index is 12.6. The van der Waals surface area contributed by atoms with Gasteiger partial charge in [0.25, 0.3) is 11.1 Å². The largest absolute Gasteiger partial charge is 0.496 e. The van der Waals surface area contributed by atoms with E-state index >= 15 is 0 Å². The molecule has 144 valence electrons. The molecule has 28 heavy (non-hydrogen) atoms.